The highest BCUT2D eigenvalue weighted by Crippen LogP contribution is 2.32. The fraction of sp³-hybridized carbons (Fsp3) is 0.579. The smallest absolute Gasteiger partial charge is 0.252 e. The predicted octanol–water partition coefficient (Wildman–Crippen LogP) is 0.0940. The number of aromatic nitrogens is 4. The fourth-order valence-electron chi connectivity index (χ4n) is 3.06. The molecule has 10 heteroatoms. The molecule has 0 unspecified atom stereocenters. The molecule has 0 bridgehead atoms. The van der Waals surface area contributed by atoms with Gasteiger partial charge in [0.15, 0.2) is 23.8 Å². The molecule has 3 rings (SSSR count). The number of imidazole rings is 1. The second-order valence-corrected chi connectivity index (χ2v) is 7.25. The van der Waals surface area contributed by atoms with Crippen molar-refractivity contribution in [3.63, 3.8) is 0 Å². The number of nitrogens with zero attached hydrogens (tertiary/aromatic N) is 4. The number of nitrogen functional groups attached to an aromatic ring is 1. The summed E-state index contributed by atoms with van der Waals surface area (Å²) < 4.78 is 7.10. The van der Waals surface area contributed by atoms with E-state index >= 15 is 0 Å². The average molecular weight is 402 g/mol. The van der Waals surface area contributed by atoms with Gasteiger partial charge in [-0.25, -0.2) is 15.0 Å². The molecule has 1 fully saturated rings. The summed E-state index contributed by atoms with van der Waals surface area (Å²) in [5.74, 6) is 5.75. The maximum absolute atomic E-state index is 12.3. The Balaban J connectivity index is 1.91. The van der Waals surface area contributed by atoms with E-state index in [1.54, 1.807) is 13.8 Å². The molecule has 2 aromatic heterocycles. The van der Waals surface area contributed by atoms with Gasteiger partial charge in [-0.2, -0.15) is 0 Å². The van der Waals surface area contributed by atoms with Gasteiger partial charge in [0.25, 0.3) is 5.91 Å². The van der Waals surface area contributed by atoms with Gasteiger partial charge in [-0.3, -0.25) is 9.36 Å². The molecule has 1 amide bonds. The Morgan fingerprint density at radius 3 is 2.83 bits per heavy atom. The molecule has 3 heterocycles. The van der Waals surface area contributed by atoms with Crippen molar-refractivity contribution in [1.82, 2.24) is 24.8 Å². The first-order valence-corrected chi connectivity index (χ1v) is 9.64. The van der Waals surface area contributed by atoms with Gasteiger partial charge in [-0.1, -0.05) is 19.3 Å². The summed E-state index contributed by atoms with van der Waals surface area (Å²) >= 11 is 0. The number of anilines is 1. The average Bonchev–Trinajstić information content (AvgIpc) is 3.20. The number of aliphatic hydroxyl groups excluding tert-OH is 2. The maximum Gasteiger partial charge on any atom is 0.252 e. The number of nitrogens with one attached hydrogen (secondary N) is 1. The van der Waals surface area contributed by atoms with E-state index in [1.165, 1.54) is 10.9 Å². The van der Waals surface area contributed by atoms with Crippen molar-refractivity contribution in [3.8, 4) is 11.8 Å². The zero-order valence-electron chi connectivity index (χ0n) is 16.7. The van der Waals surface area contributed by atoms with E-state index in [2.05, 4.69) is 39.0 Å². The van der Waals surface area contributed by atoms with Crippen LogP contribution < -0.4 is 11.1 Å². The second-order valence-electron chi connectivity index (χ2n) is 7.25. The Hall–Kier alpha value is -2.74. The first-order valence-electron chi connectivity index (χ1n) is 9.64. The summed E-state index contributed by atoms with van der Waals surface area (Å²) in [5.41, 5.74) is 6.61. The Morgan fingerprint density at radius 1 is 1.38 bits per heavy atom. The van der Waals surface area contributed by atoms with Gasteiger partial charge in [-0.15, -0.1) is 0 Å². The third-order valence-electron chi connectivity index (χ3n) is 4.51. The Morgan fingerprint density at radius 2 is 2.14 bits per heavy atom. The summed E-state index contributed by atoms with van der Waals surface area (Å²) in [7, 11) is 0. The van der Waals surface area contributed by atoms with Crippen LogP contribution in [0.5, 0.6) is 0 Å². The molecular weight excluding hydrogens is 376 g/mol. The van der Waals surface area contributed by atoms with Crippen LogP contribution in [0.25, 0.3) is 11.2 Å². The van der Waals surface area contributed by atoms with E-state index in [-0.39, 0.29) is 17.7 Å². The lowest BCUT2D eigenvalue weighted by molar-refractivity contribution is -0.138. The number of nitrogens with two attached hydrogens (primary N) is 1. The number of carbonyl (C=O) groups excluding carboxylic acids is 1. The highest BCUT2D eigenvalue weighted by Gasteiger charge is 2.47. The molecule has 0 aromatic carbocycles. The standard InChI is InChI=1S/C19H26N6O4/c1-4-5-6-7-8-11-23-16(20)12-17(24-11)25(9-21-12)19-14(27)13(26)15(29-19)18(28)22-10(2)3/h9-10,13-15,19,26-27H,4-6H2,1-3H3,(H,22,28)(H2,20,23,24)/t13-,14+,15-,19+/m0/s1. The highest BCUT2D eigenvalue weighted by molar-refractivity contribution is 5.83. The molecule has 0 saturated carbocycles. The van der Waals surface area contributed by atoms with Gasteiger partial charge in [0.05, 0.1) is 6.33 Å². The van der Waals surface area contributed by atoms with E-state index in [0.717, 1.165) is 19.3 Å². The molecule has 1 saturated heterocycles. The number of ether oxygens (including phenoxy) is 1. The van der Waals surface area contributed by atoms with Crippen molar-refractivity contribution < 1.29 is 19.7 Å². The van der Waals surface area contributed by atoms with Crippen molar-refractivity contribution in [1.29, 1.82) is 0 Å². The number of rotatable bonds is 5. The Kier molecular flexibility index (Phi) is 6.32. The SMILES string of the molecule is CCCCC#Cc1nc(N)c2ncn([C@@H]3O[C@H](C(=O)NC(C)C)[C@@H](O)[C@H]3O)c2n1. The van der Waals surface area contributed by atoms with E-state index in [1.807, 2.05) is 0 Å². The topological polar surface area (TPSA) is 148 Å². The number of aliphatic hydroxyl groups is 2. The van der Waals surface area contributed by atoms with Gasteiger partial charge in [0, 0.05) is 12.5 Å². The van der Waals surface area contributed by atoms with Crippen LogP contribution in [0.4, 0.5) is 5.82 Å². The van der Waals surface area contributed by atoms with E-state index < -0.39 is 30.4 Å². The third kappa shape index (κ3) is 4.32. The summed E-state index contributed by atoms with van der Waals surface area (Å²) in [6.45, 7) is 5.66. The summed E-state index contributed by atoms with van der Waals surface area (Å²) in [6, 6.07) is -0.134. The van der Waals surface area contributed by atoms with Gasteiger partial charge >= 0.3 is 0 Å². The predicted molar refractivity (Wildman–Crippen MR) is 105 cm³/mol. The normalized spacial score (nSPS) is 23.9. The van der Waals surface area contributed by atoms with E-state index in [9.17, 15) is 15.0 Å². The lowest BCUT2D eigenvalue weighted by Gasteiger charge is -2.17. The lowest BCUT2D eigenvalue weighted by atomic mass is 10.1. The van der Waals surface area contributed by atoms with Crippen LogP contribution in [0.2, 0.25) is 0 Å². The van der Waals surface area contributed by atoms with Crippen molar-refractivity contribution in [2.45, 2.75) is 70.6 Å². The zero-order chi connectivity index (χ0) is 21.1. The number of carbonyl (C=O) groups is 1. The molecule has 1 aliphatic rings. The van der Waals surface area contributed by atoms with Gasteiger partial charge in [-0.05, 0) is 26.2 Å². The minimum absolute atomic E-state index is 0.134. The molecular formula is C19H26N6O4. The van der Waals surface area contributed by atoms with E-state index in [4.69, 9.17) is 10.5 Å². The maximum atomic E-state index is 12.3. The minimum Gasteiger partial charge on any atom is -0.387 e. The van der Waals surface area contributed by atoms with Crippen molar-refractivity contribution in [2.24, 2.45) is 0 Å². The van der Waals surface area contributed by atoms with Crippen LogP contribution in [0.15, 0.2) is 6.33 Å². The number of unbranched alkanes of at least 4 members (excludes halogenated alkanes) is 2. The van der Waals surface area contributed by atoms with Crippen LogP contribution in [0, 0.1) is 11.8 Å². The summed E-state index contributed by atoms with van der Waals surface area (Å²) in [4.78, 5) is 25.0. The van der Waals surface area contributed by atoms with Gasteiger partial charge in [0.2, 0.25) is 5.82 Å². The molecule has 4 atom stereocenters. The number of hydrogen-bond donors (Lipinski definition) is 4. The summed E-state index contributed by atoms with van der Waals surface area (Å²) in [6.07, 6.45) is -0.922. The van der Waals surface area contributed by atoms with Crippen LogP contribution >= 0.6 is 0 Å². The van der Waals surface area contributed by atoms with Crippen LogP contribution in [-0.4, -0.2) is 60.0 Å². The molecule has 5 N–H and O–H groups in total. The largest absolute Gasteiger partial charge is 0.387 e. The molecule has 0 aliphatic carbocycles. The monoisotopic (exact) mass is 402 g/mol. The van der Waals surface area contributed by atoms with Crippen LogP contribution in [-0.2, 0) is 9.53 Å². The molecule has 0 radical (unpaired) electrons. The second kappa shape index (κ2) is 8.73. The molecule has 29 heavy (non-hydrogen) atoms. The van der Waals surface area contributed by atoms with Gasteiger partial charge < -0.3 is 26.0 Å². The molecule has 10 nitrogen and oxygen atoms in total. The van der Waals surface area contributed by atoms with Gasteiger partial charge in [0.1, 0.15) is 17.7 Å². The fourth-order valence-corrected chi connectivity index (χ4v) is 3.06. The molecule has 156 valence electrons. The minimum atomic E-state index is -1.40. The number of fused-ring (bicyclic) bond motifs is 1. The molecule has 1 aliphatic heterocycles. The Labute approximate surface area is 168 Å². The lowest BCUT2D eigenvalue weighted by Crippen LogP contribution is -2.45. The quantitative estimate of drug-likeness (QED) is 0.406. The first-order chi connectivity index (χ1) is 13.8. The van der Waals surface area contributed by atoms with Crippen molar-refractivity contribution in [2.75, 3.05) is 5.73 Å². The number of hydrogen-bond acceptors (Lipinski definition) is 8. The van der Waals surface area contributed by atoms with Crippen LogP contribution in [0.3, 0.4) is 0 Å². The molecule has 0 spiro atoms. The number of amides is 1. The highest BCUT2D eigenvalue weighted by atomic mass is 16.6. The van der Waals surface area contributed by atoms with Crippen LogP contribution in [0.1, 0.15) is 52.1 Å². The third-order valence-corrected chi connectivity index (χ3v) is 4.51. The van der Waals surface area contributed by atoms with E-state index in [0.29, 0.717) is 11.2 Å². The zero-order valence-corrected chi connectivity index (χ0v) is 16.7. The van der Waals surface area contributed by atoms with Crippen molar-refractivity contribution in [3.05, 3.63) is 12.2 Å². The molecule has 2 aromatic rings. The summed E-state index contributed by atoms with van der Waals surface area (Å²) in [5, 5.41) is 23.5. The first kappa shape index (κ1) is 21.0. The van der Waals surface area contributed by atoms with Crippen molar-refractivity contribution >= 4 is 22.9 Å². The Bertz CT molecular complexity index is 947.